The molecule has 2 rings (SSSR count). The molecule has 0 aliphatic rings. The van der Waals surface area contributed by atoms with Crippen LogP contribution in [0.2, 0.25) is 0 Å². The van der Waals surface area contributed by atoms with E-state index < -0.39 is 5.97 Å². The van der Waals surface area contributed by atoms with Gasteiger partial charge in [0.15, 0.2) is 0 Å². The Bertz CT molecular complexity index is 646. The maximum atomic E-state index is 10.6. The van der Waals surface area contributed by atoms with E-state index in [2.05, 4.69) is 42.5 Å². The average molecular weight is 300 g/mol. The van der Waals surface area contributed by atoms with Crippen molar-refractivity contribution in [2.75, 3.05) is 5.75 Å². The van der Waals surface area contributed by atoms with E-state index in [0.717, 1.165) is 25.0 Å². The molecule has 0 amide bonds. The van der Waals surface area contributed by atoms with E-state index in [-0.39, 0.29) is 0 Å². The van der Waals surface area contributed by atoms with Crippen molar-refractivity contribution in [1.29, 1.82) is 0 Å². The number of thioether (sulfide) groups is 1. The minimum atomic E-state index is -0.819. The number of rotatable bonds is 7. The van der Waals surface area contributed by atoms with Crippen LogP contribution in [0, 0.1) is 0 Å². The number of allylic oxidation sites excluding steroid dienone is 1. The summed E-state index contributed by atoms with van der Waals surface area (Å²) in [6.07, 6.45) is 4.78. The summed E-state index contributed by atoms with van der Waals surface area (Å²) in [5.74, 6) is 0.249. The Morgan fingerprint density at radius 2 is 1.90 bits per heavy atom. The van der Waals surface area contributed by atoms with E-state index in [0.29, 0.717) is 5.57 Å². The Kier molecular flexibility index (Phi) is 5.88. The highest BCUT2D eigenvalue weighted by atomic mass is 32.2. The van der Waals surface area contributed by atoms with Crippen LogP contribution < -0.4 is 0 Å². The van der Waals surface area contributed by atoms with Gasteiger partial charge in [0, 0.05) is 10.5 Å². The molecule has 0 saturated heterocycles. The minimum absolute atomic E-state index is 0.442. The van der Waals surface area contributed by atoms with Crippen LogP contribution in [0.15, 0.2) is 59.0 Å². The molecule has 2 aromatic carbocycles. The normalized spacial score (nSPS) is 11.8. The minimum Gasteiger partial charge on any atom is -0.478 e. The third-order valence-electron chi connectivity index (χ3n) is 3.38. The Labute approximate surface area is 129 Å². The summed E-state index contributed by atoms with van der Waals surface area (Å²) in [4.78, 5) is 11.9. The molecule has 3 heteroatoms. The molecule has 0 radical (unpaired) electrons. The first kappa shape index (κ1) is 15.6. The average Bonchev–Trinajstić information content (AvgIpc) is 2.50. The van der Waals surface area contributed by atoms with Crippen molar-refractivity contribution in [3.05, 3.63) is 54.1 Å². The van der Waals surface area contributed by atoms with Crippen molar-refractivity contribution in [3.63, 3.8) is 0 Å². The van der Waals surface area contributed by atoms with Gasteiger partial charge in [-0.25, -0.2) is 4.79 Å². The predicted octanol–water partition coefficient (Wildman–Crippen LogP) is 5.13. The number of aliphatic carboxylic acids is 1. The fourth-order valence-electron chi connectivity index (χ4n) is 2.10. The molecule has 0 fully saturated rings. The summed E-state index contributed by atoms with van der Waals surface area (Å²) in [5.41, 5.74) is 0.442. The van der Waals surface area contributed by atoms with Crippen molar-refractivity contribution in [3.8, 4) is 0 Å². The molecule has 0 bridgehead atoms. The first-order valence-corrected chi connectivity index (χ1v) is 8.17. The van der Waals surface area contributed by atoms with Crippen molar-refractivity contribution in [2.45, 2.75) is 31.1 Å². The standard InChI is InChI=1S/C18H20O2S/c1-14(18(19)20)7-3-2-6-12-21-17-11-10-15-8-4-5-9-16(15)13-17/h4-5,7-11,13H,2-3,6,12H2,1H3,(H,19,20). The van der Waals surface area contributed by atoms with Crippen LogP contribution >= 0.6 is 11.8 Å². The highest BCUT2D eigenvalue weighted by Crippen LogP contribution is 2.24. The Morgan fingerprint density at radius 3 is 2.67 bits per heavy atom. The molecule has 0 aliphatic heterocycles. The number of fused-ring (bicyclic) bond motifs is 1. The lowest BCUT2D eigenvalue weighted by molar-refractivity contribution is -0.132. The third kappa shape index (κ3) is 4.94. The van der Waals surface area contributed by atoms with Crippen LogP contribution in [0.25, 0.3) is 10.8 Å². The molecule has 0 spiro atoms. The highest BCUT2D eigenvalue weighted by molar-refractivity contribution is 7.99. The fraction of sp³-hybridized carbons (Fsp3) is 0.278. The molecule has 110 valence electrons. The molecule has 0 atom stereocenters. The quantitative estimate of drug-likeness (QED) is 0.437. The summed E-state index contributed by atoms with van der Waals surface area (Å²) in [7, 11) is 0. The smallest absolute Gasteiger partial charge is 0.330 e. The molecule has 0 saturated carbocycles. The summed E-state index contributed by atoms with van der Waals surface area (Å²) < 4.78 is 0. The van der Waals surface area contributed by atoms with Crippen molar-refractivity contribution >= 4 is 28.5 Å². The maximum Gasteiger partial charge on any atom is 0.330 e. The van der Waals surface area contributed by atoms with E-state index in [1.165, 1.54) is 15.7 Å². The van der Waals surface area contributed by atoms with Gasteiger partial charge in [0.25, 0.3) is 0 Å². The van der Waals surface area contributed by atoms with Gasteiger partial charge in [-0.05, 0) is 54.8 Å². The van der Waals surface area contributed by atoms with Gasteiger partial charge in [-0.1, -0.05) is 36.4 Å². The molecule has 2 nitrogen and oxygen atoms in total. The van der Waals surface area contributed by atoms with Gasteiger partial charge in [0.1, 0.15) is 0 Å². The summed E-state index contributed by atoms with van der Waals surface area (Å²) in [6, 6.07) is 14.9. The molecule has 0 unspecified atom stereocenters. The number of carboxylic acid groups (broad SMARTS) is 1. The molecule has 0 heterocycles. The van der Waals surface area contributed by atoms with Gasteiger partial charge in [-0.2, -0.15) is 0 Å². The maximum absolute atomic E-state index is 10.6. The van der Waals surface area contributed by atoms with Crippen molar-refractivity contribution in [1.82, 2.24) is 0 Å². The van der Waals surface area contributed by atoms with E-state index in [1.807, 2.05) is 17.8 Å². The zero-order valence-corrected chi connectivity index (χ0v) is 13.0. The summed E-state index contributed by atoms with van der Waals surface area (Å²) >= 11 is 1.86. The van der Waals surface area contributed by atoms with Crippen molar-refractivity contribution in [2.24, 2.45) is 0 Å². The second kappa shape index (κ2) is 7.89. The molecule has 1 N–H and O–H groups in total. The van der Waals surface area contributed by atoms with Gasteiger partial charge >= 0.3 is 5.97 Å². The van der Waals surface area contributed by atoms with Gasteiger partial charge in [-0.3, -0.25) is 0 Å². The number of unbranched alkanes of at least 4 members (excludes halogenated alkanes) is 2. The second-order valence-electron chi connectivity index (χ2n) is 5.05. The van der Waals surface area contributed by atoms with Crippen LogP contribution in [0.4, 0.5) is 0 Å². The van der Waals surface area contributed by atoms with Gasteiger partial charge in [0.2, 0.25) is 0 Å². The van der Waals surface area contributed by atoms with Crippen LogP contribution in [0.5, 0.6) is 0 Å². The number of carboxylic acids is 1. The van der Waals surface area contributed by atoms with Crippen LogP contribution in [0.1, 0.15) is 26.2 Å². The lowest BCUT2D eigenvalue weighted by atomic mass is 10.1. The Hall–Kier alpha value is -1.74. The monoisotopic (exact) mass is 300 g/mol. The molecular weight excluding hydrogens is 280 g/mol. The topological polar surface area (TPSA) is 37.3 Å². The number of hydrogen-bond donors (Lipinski definition) is 1. The molecule has 2 aromatic rings. The Morgan fingerprint density at radius 1 is 1.14 bits per heavy atom. The van der Waals surface area contributed by atoms with Gasteiger partial charge < -0.3 is 5.11 Å². The highest BCUT2D eigenvalue weighted by Gasteiger charge is 1.99. The lowest BCUT2D eigenvalue weighted by Gasteiger charge is -2.03. The first-order valence-electron chi connectivity index (χ1n) is 7.18. The van der Waals surface area contributed by atoms with E-state index in [4.69, 9.17) is 5.11 Å². The van der Waals surface area contributed by atoms with Gasteiger partial charge in [-0.15, -0.1) is 11.8 Å². The van der Waals surface area contributed by atoms with Crippen LogP contribution in [-0.2, 0) is 4.79 Å². The van der Waals surface area contributed by atoms with Crippen LogP contribution in [0.3, 0.4) is 0 Å². The van der Waals surface area contributed by atoms with Gasteiger partial charge in [0.05, 0.1) is 0 Å². The molecule has 21 heavy (non-hydrogen) atoms. The number of carbonyl (C=O) groups is 1. The third-order valence-corrected chi connectivity index (χ3v) is 4.46. The fourth-order valence-corrected chi connectivity index (χ4v) is 3.06. The molecule has 0 aliphatic carbocycles. The van der Waals surface area contributed by atoms with E-state index in [9.17, 15) is 4.79 Å². The zero-order chi connectivity index (χ0) is 15.1. The zero-order valence-electron chi connectivity index (χ0n) is 12.2. The van der Waals surface area contributed by atoms with Crippen molar-refractivity contribution < 1.29 is 9.90 Å². The van der Waals surface area contributed by atoms with Crippen LogP contribution in [-0.4, -0.2) is 16.8 Å². The predicted molar refractivity (Wildman–Crippen MR) is 89.9 cm³/mol. The lowest BCUT2D eigenvalue weighted by Crippen LogP contribution is -1.95. The largest absolute Gasteiger partial charge is 0.478 e. The number of benzene rings is 2. The molecular formula is C18H20O2S. The summed E-state index contributed by atoms with van der Waals surface area (Å²) in [6.45, 7) is 1.65. The Balaban J connectivity index is 1.75. The summed E-state index contributed by atoms with van der Waals surface area (Å²) in [5, 5.41) is 11.3. The number of hydrogen-bond acceptors (Lipinski definition) is 2. The molecule has 0 aromatic heterocycles. The SMILES string of the molecule is CC(=CCCCCSc1ccc2ccccc2c1)C(=O)O. The second-order valence-corrected chi connectivity index (χ2v) is 6.21. The van der Waals surface area contributed by atoms with E-state index in [1.54, 1.807) is 6.92 Å². The van der Waals surface area contributed by atoms with E-state index >= 15 is 0 Å². The first-order chi connectivity index (χ1) is 10.2.